The number of fused-ring (bicyclic) bond motifs is 1. The van der Waals surface area contributed by atoms with E-state index >= 15 is 0 Å². The molecule has 1 fully saturated rings. The highest BCUT2D eigenvalue weighted by atomic mass is 32.2. The first-order valence-corrected chi connectivity index (χ1v) is 11.2. The van der Waals surface area contributed by atoms with Crippen molar-refractivity contribution in [3.05, 3.63) is 21.4 Å². The van der Waals surface area contributed by atoms with Crippen LogP contribution in [0.2, 0.25) is 0 Å². The number of aryl methyl sites for hydroxylation is 2. The smallest absolute Gasteiger partial charge is 0.349 e. The van der Waals surface area contributed by atoms with Crippen LogP contribution in [-0.4, -0.2) is 55.9 Å². The number of carbonyl (C=O) groups is 2. The van der Waals surface area contributed by atoms with E-state index in [0.717, 1.165) is 25.7 Å². The lowest BCUT2D eigenvalue weighted by molar-refractivity contribution is -0.140. The van der Waals surface area contributed by atoms with Crippen molar-refractivity contribution < 1.29 is 22.7 Å². The Hall–Kier alpha value is -1.41. The molecule has 0 N–H and O–H groups in total. The Kier molecular flexibility index (Phi) is 5.20. The van der Waals surface area contributed by atoms with E-state index < -0.39 is 21.9 Å². The Morgan fingerprint density at radius 1 is 1.32 bits per heavy atom. The number of hydrogen-bond acceptors (Lipinski definition) is 6. The fourth-order valence-electron chi connectivity index (χ4n) is 3.41. The van der Waals surface area contributed by atoms with Crippen molar-refractivity contribution >= 4 is 33.1 Å². The number of ether oxygens (including phenoxy) is 1. The molecular weight excluding hydrogens is 362 g/mol. The maximum absolute atomic E-state index is 12.5. The van der Waals surface area contributed by atoms with Crippen LogP contribution in [0.5, 0.6) is 0 Å². The van der Waals surface area contributed by atoms with E-state index in [2.05, 4.69) is 0 Å². The maximum Gasteiger partial charge on any atom is 0.349 e. The van der Waals surface area contributed by atoms with Crippen molar-refractivity contribution in [1.29, 1.82) is 0 Å². The van der Waals surface area contributed by atoms with Crippen molar-refractivity contribution in [2.75, 3.05) is 18.6 Å². The molecule has 2 aliphatic rings. The van der Waals surface area contributed by atoms with E-state index in [1.165, 1.54) is 33.6 Å². The summed E-state index contributed by atoms with van der Waals surface area (Å²) in [6.45, 7) is 1.54. The topological polar surface area (TPSA) is 80.8 Å². The zero-order valence-electron chi connectivity index (χ0n) is 14.5. The van der Waals surface area contributed by atoms with Crippen molar-refractivity contribution in [2.24, 2.45) is 0 Å². The number of sulfone groups is 1. The van der Waals surface area contributed by atoms with E-state index in [4.69, 9.17) is 4.74 Å². The van der Waals surface area contributed by atoms with Gasteiger partial charge in [0.1, 0.15) is 4.88 Å². The van der Waals surface area contributed by atoms with Crippen LogP contribution < -0.4 is 0 Å². The number of hydrogen-bond donors (Lipinski definition) is 0. The Balaban J connectivity index is 1.61. The minimum atomic E-state index is -3.07. The highest BCUT2D eigenvalue weighted by molar-refractivity contribution is 7.91. The van der Waals surface area contributed by atoms with E-state index in [0.29, 0.717) is 11.3 Å². The van der Waals surface area contributed by atoms with Gasteiger partial charge in [0, 0.05) is 18.0 Å². The zero-order valence-corrected chi connectivity index (χ0v) is 16.1. The number of rotatable bonds is 4. The van der Waals surface area contributed by atoms with E-state index in [9.17, 15) is 18.0 Å². The number of esters is 1. The van der Waals surface area contributed by atoms with Gasteiger partial charge in [-0.1, -0.05) is 0 Å². The molecule has 2 atom stereocenters. The number of thiophene rings is 1. The van der Waals surface area contributed by atoms with Gasteiger partial charge < -0.3 is 9.64 Å². The lowest BCUT2D eigenvalue weighted by Gasteiger charge is -2.26. The molecule has 2 heterocycles. The molecule has 1 aliphatic carbocycles. The van der Waals surface area contributed by atoms with Gasteiger partial charge in [0.15, 0.2) is 15.9 Å². The van der Waals surface area contributed by atoms with Crippen LogP contribution in [0.15, 0.2) is 6.07 Å². The number of amides is 1. The summed E-state index contributed by atoms with van der Waals surface area (Å²) in [7, 11) is -1.50. The quantitative estimate of drug-likeness (QED) is 0.739. The largest absolute Gasteiger partial charge is 0.448 e. The normalized spacial score (nSPS) is 22.9. The average Bonchev–Trinajstić information content (AvgIpc) is 3.16. The van der Waals surface area contributed by atoms with Crippen LogP contribution in [0.25, 0.3) is 0 Å². The summed E-state index contributed by atoms with van der Waals surface area (Å²) in [4.78, 5) is 28.0. The molecule has 1 amide bonds. The summed E-state index contributed by atoms with van der Waals surface area (Å²) in [6.07, 6.45) is 3.78. The fraction of sp³-hybridized carbons (Fsp3) is 0.647. The third-order valence-corrected chi connectivity index (χ3v) is 7.90. The van der Waals surface area contributed by atoms with Crippen molar-refractivity contribution in [1.82, 2.24) is 4.90 Å². The van der Waals surface area contributed by atoms with Gasteiger partial charge in [-0.05, 0) is 50.7 Å². The molecule has 1 aromatic heterocycles. The Labute approximate surface area is 152 Å². The van der Waals surface area contributed by atoms with Gasteiger partial charge in [-0.25, -0.2) is 13.2 Å². The predicted octanol–water partition coefficient (Wildman–Crippen LogP) is 1.82. The number of nitrogens with zero attached hydrogens (tertiary/aromatic N) is 1. The van der Waals surface area contributed by atoms with E-state index in [1.54, 1.807) is 7.05 Å². The molecule has 8 heteroatoms. The average molecular weight is 386 g/mol. The monoisotopic (exact) mass is 385 g/mol. The number of carbonyl (C=O) groups excluding carboxylic acids is 2. The van der Waals surface area contributed by atoms with Crippen LogP contribution in [0.1, 0.15) is 46.3 Å². The molecule has 3 rings (SSSR count). The minimum Gasteiger partial charge on any atom is -0.448 e. The van der Waals surface area contributed by atoms with Crippen LogP contribution in [-0.2, 0) is 32.2 Å². The first kappa shape index (κ1) is 18.4. The molecule has 0 saturated carbocycles. The Bertz CT molecular complexity index is 759. The number of likely N-dealkylation sites (N-methyl/N-ethyl adjacent to an activating group) is 1. The van der Waals surface area contributed by atoms with Gasteiger partial charge in [0.2, 0.25) is 0 Å². The van der Waals surface area contributed by atoms with Gasteiger partial charge >= 0.3 is 5.97 Å². The molecule has 0 aromatic carbocycles. The second-order valence-electron chi connectivity index (χ2n) is 6.82. The fourth-order valence-corrected chi connectivity index (χ4v) is 6.32. The molecule has 1 aliphatic heterocycles. The maximum atomic E-state index is 12.5. The third-order valence-electron chi connectivity index (χ3n) is 4.93. The highest BCUT2D eigenvalue weighted by Crippen LogP contribution is 2.30. The lowest BCUT2D eigenvalue weighted by atomic mass is 9.99. The molecule has 0 radical (unpaired) electrons. The second-order valence-corrected chi connectivity index (χ2v) is 10.2. The Morgan fingerprint density at radius 2 is 2.04 bits per heavy atom. The van der Waals surface area contributed by atoms with Gasteiger partial charge in [-0.15, -0.1) is 11.3 Å². The van der Waals surface area contributed by atoms with Gasteiger partial charge in [-0.2, -0.15) is 0 Å². The lowest BCUT2D eigenvalue weighted by Crippen LogP contribution is -2.44. The predicted molar refractivity (Wildman–Crippen MR) is 95.7 cm³/mol. The first-order chi connectivity index (χ1) is 11.8. The Morgan fingerprint density at radius 3 is 2.68 bits per heavy atom. The summed E-state index contributed by atoms with van der Waals surface area (Å²) in [6, 6.07) is 1.54. The van der Waals surface area contributed by atoms with Crippen LogP contribution in [0.3, 0.4) is 0 Å². The van der Waals surface area contributed by atoms with E-state index in [-0.39, 0.29) is 23.5 Å². The summed E-state index contributed by atoms with van der Waals surface area (Å²) >= 11 is 1.45. The molecule has 1 aromatic rings. The molecule has 1 saturated heterocycles. The standard InChI is InChI=1S/C17H23NO5S2/c1-11(16(19)18(2)13-7-8-25(21,22)10-13)23-17(20)15-9-12-5-3-4-6-14(12)24-15/h9,11,13H,3-8,10H2,1-2H3/t11-,13+/m0/s1. The summed E-state index contributed by atoms with van der Waals surface area (Å²) in [5, 5.41) is 0. The van der Waals surface area contributed by atoms with Gasteiger partial charge in [0.25, 0.3) is 5.91 Å². The van der Waals surface area contributed by atoms with Crippen molar-refractivity contribution in [3.8, 4) is 0 Å². The SMILES string of the molecule is C[C@H](OC(=O)c1cc2c(s1)CCCC2)C(=O)N(C)[C@@H]1CCS(=O)(=O)C1. The summed E-state index contributed by atoms with van der Waals surface area (Å²) in [5.74, 6) is -0.762. The van der Waals surface area contributed by atoms with Gasteiger partial charge in [0.05, 0.1) is 11.5 Å². The van der Waals surface area contributed by atoms with Crippen LogP contribution in [0, 0.1) is 0 Å². The van der Waals surface area contributed by atoms with Crippen LogP contribution >= 0.6 is 11.3 Å². The zero-order chi connectivity index (χ0) is 18.2. The second kappa shape index (κ2) is 7.07. The van der Waals surface area contributed by atoms with Crippen molar-refractivity contribution in [2.45, 2.75) is 51.2 Å². The molecule has 6 nitrogen and oxygen atoms in total. The third kappa shape index (κ3) is 4.06. The minimum absolute atomic E-state index is 0.0203. The first-order valence-electron chi connectivity index (χ1n) is 8.56. The molecule has 0 unspecified atom stereocenters. The summed E-state index contributed by atoms with van der Waals surface area (Å²) < 4.78 is 28.5. The molecule has 0 spiro atoms. The molecular formula is C17H23NO5S2. The van der Waals surface area contributed by atoms with Crippen molar-refractivity contribution in [3.63, 3.8) is 0 Å². The summed E-state index contributed by atoms with van der Waals surface area (Å²) in [5.41, 5.74) is 1.22. The molecule has 0 bridgehead atoms. The highest BCUT2D eigenvalue weighted by Gasteiger charge is 2.35. The van der Waals surface area contributed by atoms with Crippen LogP contribution in [0.4, 0.5) is 0 Å². The molecule has 25 heavy (non-hydrogen) atoms. The molecule has 138 valence electrons. The van der Waals surface area contributed by atoms with E-state index in [1.807, 2.05) is 6.07 Å². The van der Waals surface area contributed by atoms with Gasteiger partial charge in [-0.3, -0.25) is 4.79 Å².